The van der Waals surface area contributed by atoms with Crippen molar-refractivity contribution in [3.05, 3.63) is 64.2 Å². The number of rotatable bonds is 4. The first-order chi connectivity index (χ1) is 9.47. The molecule has 2 aromatic rings. The highest BCUT2D eigenvalue weighted by Gasteiger charge is 2.07. The molecular formula is C16H18ClN3. The molecule has 0 aromatic heterocycles. The molecule has 0 radical (unpaired) electrons. The number of hydrogen-bond acceptors (Lipinski definition) is 2. The maximum atomic E-state index is 7.49. The molecule has 0 atom stereocenters. The maximum absolute atomic E-state index is 7.49. The lowest BCUT2D eigenvalue weighted by molar-refractivity contribution is 0.922. The first kappa shape index (κ1) is 14.4. The van der Waals surface area contributed by atoms with Crippen LogP contribution in [-0.2, 0) is 6.54 Å². The summed E-state index contributed by atoms with van der Waals surface area (Å²) < 4.78 is 0. The van der Waals surface area contributed by atoms with E-state index in [1.54, 1.807) is 0 Å². The van der Waals surface area contributed by atoms with Gasteiger partial charge in [-0.15, -0.1) is 0 Å². The molecule has 3 N–H and O–H groups in total. The number of nitrogens with one attached hydrogen (secondary N) is 1. The highest BCUT2D eigenvalue weighted by atomic mass is 35.5. The SMILES string of the molecule is Cc1ccc(CN(C)c2cccc(C(=N)N)c2)c(Cl)c1. The molecule has 2 rings (SSSR count). The summed E-state index contributed by atoms with van der Waals surface area (Å²) in [6.07, 6.45) is 0. The second kappa shape index (κ2) is 5.97. The highest BCUT2D eigenvalue weighted by Crippen LogP contribution is 2.22. The second-order valence-electron chi connectivity index (χ2n) is 4.91. The molecule has 0 aliphatic rings. The van der Waals surface area contributed by atoms with Gasteiger partial charge in [-0.1, -0.05) is 35.9 Å². The Morgan fingerprint density at radius 3 is 2.65 bits per heavy atom. The summed E-state index contributed by atoms with van der Waals surface area (Å²) in [7, 11) is 2.00. The lowest BCUT2D eigenvalue weighted by Crippen LogP contribution is -2.18. The van der Waals surface area contributed by atoms with Crippen LogP contribution in [0.5, 0.6) is 0 Å². The Hall–Kier alpha value is -2.00. The molecule has 0 unspecified atom stereocenters. The van der Waals surface area contributed by atoms with Crippen molar-refractivity contribution in [1.82, 2.24) is 0 Å². The molecule has 0 aliphatic heterocycles. The van der Waals surface area contributed by atoms with Crippen LogP contribution >= 0.6 is 11.6 Å². The van der Waals surface area contributed by atoms with Gasteiger partial charge in [0, 0.05) is 29.9 Å². The number of nitrogens with zero attached hydrogens (tertiary/aromatic N) is 1. The van der Waals surface area contributed by atoms with Crippen molar-refractivity contribution in [2.45, 2.75) is 13.5 Å². The van der Waals surface area contributed by atoms with Gasteiger partial charge in [0.2, 0.25) is 0 Å². The molecule has 20 heavy (non-hydrogen) atoms. The summed E-state index contributed by atoms with van der Waals surface area (Å²) in [5, 5.41) is 8.27. The zero-order chi connectivity index (χ0) is 14.7. The number of aryl methyl sites for hydroxylation is 1. The molecule has 0 aliphatic carbocycles. The van der Waals surface area contributed by atoms with Crippen LogP contribution in [-0.4, -0.2) is 12.9 Å². The van der Waals surface area contributed by atoms with E-state index in [9.17, 15) is 0 Å². The fourth-order valence-corrected chi connectivity index (χ4v) is 2.33. The van der Waals surface area contributed by atoms with Gasteiger partial charge in [-0.3, -0.25) is 5.41 Å². The van der Waals surface area contributed by atoms with Crippen LogP contribution < -0.4 is 10.6 Å². The number of hydrogen-bond donors (Lipinski definition) is 2. The highest BCUT2D eigenvalue weighted by molar-refractivity contribution is 6.31. The third-order valence-electron chi connectivity index (χ3n) is 3.21. The van der Waals surface area contributed by atoms with Crippen LogP contribution in [0.2, 0.25) is 5.02 Å². The molecule has 0 amide bonds. The summed E-state index contributed by atoms with van der Waals surface area (Å²) in [4.78, 5) is 2.09. The molecule has 0 fully saturated rings. The Balaban J connectivity index is 2.21. The minimum absolute atomic E-state index is 0.0774. The van der Waals surface area contributed by atoms with Crippen molar-refractivity contribution in [2.75, 3.05) is 11.9 Å². The van der Waals surface area contributed by atoms with E-state index < -0.39 is 0 Å². The van der Waals surface area contributed by atoms with E-state index in [1.165, 1.54) is 0 Å². The minimum Gasteiger partial charge on any atom is -0.384 e. The molecule has 0 spiro atoms. The van der Waals surface area contributed by atoms with Gasteiger partial charge in [0.25, 0.3) is 0 Å². The van der Waals surface area contributed by atoms with Gasteiger partial charge in [0.15, 0.2) is 0 Å². The lowest BCUT2D eigenvalue weighted by atomic mass is 10.1. The van der Waals surface area contributed by atoms with Gasteiger partial charge in [-0.05, 0) is 36.2 Å². The molecular weight excluding hydrogens is 270 g/mol. The van der Waals surface area contributed by atoms with E-state index in [0.717, 1.165) is 27.4 Å². The summed E-state index contributed by atoms with van der Waals surface area (Å²) in [6.45, 7) is 2.73. The van der Waals surface area contributed by atoms with Crippen molar-refractivity contribution in [2.24, 2.45) is 5.73 Å². The van der Waals surface area contributed by atoms with Crippen molar-refractivity contribution in [3.8, 4) is 0 Å². The smallest absolute Gasteiger partial charge is 0.122 e. The summed E-state index contributed by atoms with van der Waals surface area (Å²) in [5.41, 5.74) is 9.48. The molecule has 3 nitrogen and oxygen atoms in total. The Morgan fingerprint density at radius 2 is 2.00 bits per heavy atom. The van der Waals surface area contributed by atoms with E-state index in [1.807, 2.05) is 50.4 Å². The van der Waals surface area contributed by atoms with Gasteiger partial charge in [0.05, 0.1) is 0 Å². The first-order valence-corrected chi connectivity index (χ1v) is 6.76. The average molecular weight is 288 g/mol. The molecule has 4 heteroatoms. The van der Waals surface area contributed by atoms with Crippen LogP contribution in [0.1, 0.15) is 16.7 Å². The van der Waals surface area contributed by atoms with Gasteiger partial charge >= 0.3 is 0 Å². The number of nitrogen functional groups attached to an aromatic ring is 1. The molecule has 0 saturated heterocycles. The molecule has 104 valence electrons. The standard InChI is InChI=1S/C16H18ClN3/c1-11-6-7-13(15(17)8-11)10-20(2)14-5-3-4-12(9-14)16(18)19/h3-9H,10H2,1-2H3,(H3,18,19). The zero-order valence-electron chi connectivity index (χ0n) is 11.7. The number of amidine groups is 1. The molecule has 2 aromatic carbocycles. The molecule has 0 bridgehead atoms. The van der Waals surface area contributed by atoms with Crippen LogP contribution in [0, 0.1) is 12.3 Å². The number of anilines is 1. The first-order valence-electron chi connectivity index (χ1n) is 6.38. The largest absolute Gasteiger partial charge is 0.384 e. The minimum atomic E-state index is 0.0774. The Kier molecular flexibility index (Phi) is 4.30. The Morgan fingerprint density at radius 1 is 1.25 bits per heavy atom. The third kappa shape index (κ3) is 3.31. The predicted octanol–water partition coefficient (Wildman–Crippen LogP) is 3.57. The Bertz CT molecular complexity index is 637. The van der Waals surface area contributed by atoms with Crippen LogP contribution in [0.3, 0.4) is 0 Å². The quantitative estimate of drug-likeness (QED) is 0.667. The van der Waals surface area contributed by atoms with E-state index in [4.69, 9.17) is 22.7 Å². The molecule has 0 heterocycles. The number of halogens is 1. The van der Waals surface area contributed by atoms with Crippen LogP contribution in [0.15, 0.2) is 42.5 Å². The topological polar surface area (TPSA) is 53.1 Å². The third-order valence-corrected chi connectivity index (χ3v) is 3.57. The van der Waals surface area contributed by atoms with Crippen molar-refractivity contribution in [3.63, 3.8) is 0 Å². The fourth-order valence-electron chi connectivity index (χ4n) is 2.04. The van der Waals surface area contributed by atoms with Crippen molar-refractivity contribution >= 4 is 23.1 Å². The van der Waals surface area contributed by atoms with Gasteiger partial charge in [0.1, 0.15) is 5.84 Å². The average Bonchev–Trinajstić information content (AvgIpc) is 2.42. The van der Waals surface area contributed by atoms with Gasteiger partial charge in [-0.2, -0.15) is 0 Å². The summed E-state index contributed by atoms with van der Waals surface area (Å²) in [5.74, 6) is 0.0774. The number of benzene rings is 2. The fraction of sp³-hybridized carbons (Fsp3) is 0.188. The van der Waals surface area contributed by atoms with E-state index in [-0.39, 0.29) is 5.84 Å². The molecule has 0 saturated carbocycles. The maximum Gasteiger partial charge on any atom is 0.122 e. The normalized spacial score (nSPS) is 10.3. The second-order valence-corrected chi connectivity index (χ2v) is 5.32. The lowest BCUT2D eigenvalue weighted by Gasteiger charge is -2.21. The Labute approximate surface area is 124 Å². The zero-order valence-corrected chi connectivity index (χ0v) is 12.4. The summed E-state index contributed by atoms with van der Waals surface area (Å²) in [6, 6.07) is 13.7. The van der Waals surface area contributed by atoms with Crippen LogP contribution in [0.4, 0.5) is 5.69 Å². The van der Waals surface area contributed by atoms with E-state index in [0.29, 0.717) is 6.54 Å². The van der Waals surface area contributed by atoms with E-state index in [2.05, 4.69) is 11.0 Å². The summed E-state index contributed by atoms with van der Waals surface area (Å²) >= 11 is 6.26. The van der Waals surface area contributed by atoms with Crippen molar-refractivity contribution in [1.29, 1.82) is 5.41 Å². The van der Waals surface area contributed by atoms with Gasteiger partial charge in [-0.25, -0.2) is 0 Å². The number of nitrogens with two attached hydrogens (primary N) is 1. The van der Waals surface area contributed by atoms with E-state index >= 15 is 0 Å². The van der Waals surface area contributed by atoms with Crippen molar-refractivity contribution < 1.29 is 0 Å². The monoisotopic (exact) mass is 287 g/mol. The van der Waals surface area contributed by atoms with Crippen LogP contribution in [0.25, 0.3) is 0 Å². The predicted molar refractivity (Wildman–Crippen MR) is 85.8 cm³/mol. The van der Waals surface area contributed by atoms with Gasteiger partial charge < -0.3 is 10.6 Å².